The quantitative estimate of drug-likeness (QED) is 0.643. The molecule has 0 bridgehead atoms. The van der Waals surface area contributed by atoms with Gasteiger partial charge in [-0.2, -0.15) is 4.31 Å². The van der Waals surface area contributed by atoms with E-state index in [1.807, 2.05) is 0 Å². The van der Waals surface area contributed by atoms with Crippen molar-refractivity contribution in [2.75, 3.05) is 23.0 Å². The summed E-state index contributed by atoms with van der Waals surface area (Å²) in [4.78, 5) is -0.0325. The predicted octanol–water partition coefficient (Wildman–Crippen LogP) is -0.735. The smallest absolute Gasteiger partial charge is 0.243 e. The number of rotatable bonds is 2. The molecule has 0 unspecified atom stereocenters. The van der Waals surface area contributed by atoms with E-state index in [-0.39, 0.29) is 27.9 Å². The van der Waals surface area contributed by atoms with E-state index in [1.165, 1.54) is 24.3 Å². The van der Waals surface area contributed by atoms with Crippen LogP contribution in [0.25, 0.3) is 0 Å². The van der Waals surface area contributed by atoms with Gasteiger partial charge in [0.2, 0.25) is 10.0 Å². The van der Waals surface area contributed by atoms with Crippen LogP contribution in [0.1, 0.15) is 0 Å². The lowest BCUT2D eigenvalue weighted by Crippen LogP contribution is -2.67. The Morgan fingerprint density at radius 1 is 0.885 bits per heavy atom. The maximum absolute atomic E-state index is 13.3. The molecule has 4 rings (SSSR count). The number of sulfone groups is 2. The number of halogens is 1. The van der Waals surface area contributed by atoms with Gasteiger partial charge in [0.05, 0.1) is 40.0 Å². The van der Waals surface area contributed by atoms with Crippen LogP contribution < -0.4 is 5.32 Å². The maximum atomic E-state index is 13.3. The molecule has 3 heterocycles. The third kappa shape index (κ3) is 3.08. The van der Waals surface area contributed by atoms with Crippen LogP contribution >= 0.6 is 11.6 Å². The van der Waals surface area contributed by atoms with Gasteiger partial charge >= 0.3 is 0 Å². The first kappa shape index (κ1) is 18.6. The van der Waals surface area contributed by atoms with Gasteiger partial charge in [0.15, 0.2) is 19.7 Å². The number of fused-ring (bicyclic) bond motifs is 2. The zero-order valence-electron chi connectivity index (χ0n) is 13.4. The molecule has 0 saturated carbocycles. The summed E-state index contributed by atoms with van der Waals surface area (Å²) in [6.45, 7) is 0. The number of benzene rings is 1. The molecule has 0 spiro atoms. The Morgan fingerprint density at radius 3 is 1.81 bits per heavy atom. The van der Waals surface area contributed by atoms with Gasteiger partial charge in [-0.3, -0.25) is 0 Å². The highest BCUT2D eigenvalue weighted by Gasteiger charge is 2.57. The molecular weight excluding hydrogens is 424 g/mol. The van der Waals surface area contributed by atoms with Crippen LogP contribution in [0, 0.1) is 0 Å². The summed E-state index contributed by atoms with van der Waals surface area (Å²) in [6.07, 6.45) is 0. The second-order valence-corrected chi connectivity index (χ2v) is 13.5. The standard InChI is InChI=1S/C14H17ClN2O6S3/c15-9-1-3-10(4-2-9)26(22,23)17-13-7-24(18,19)5-11(13)16-12-6-25(20,21)8-14(12)17/h1-4,11-14,16H,5-8H2/t11-,12+,13+,14-. The van der Waals surface area contributed by atoms with Crippen molar-refractivity contribution in [3.05, 3.63) is 29.3 Å². The number of nitrogens with zero attached hydrogens (tertiary/aromatic N) is 1. The van der Waals surface area contributed by atoms with Gasteiger partial charge in [0.1, 0.15) is 0 Å². The fraction of sp³-hybridized carbons (Fsp3) is 0.571. The van der Waals surface area contributed by atoms with E-state index >= 15 is 0 Å². The van der Waals surface area contributed by atoms with Crippen LogP contribution in [0.5, 0.6) is 0 Å². The molecule has 1 aromatic rings. The molecule has 4 atom stereocenters. The minimum Gasteiger partial charge on any atom is -0.306 e. The van der Waals surface area contributed by atoms with Crippen LogP contribution in [-0.4, -0.2) is 76.7 Å². The molecule has 144 valence electrons. The van der Waals surface area contributed by atoms with Gasteiger partial charge in [-0.25, -0.2) is 25.3 Å². The summed E-state index contributed by atoms with van der Waals surface area (Å²) < 4.78 is 76.1. The van der Waals surface area contributed by atoms with Crippen molar-refractivity contribution in [2.24, 2.45) is 0 Å². The number of hydrogen-bond donors (Lipinski definition) is 1. The average Bonchev–Trinajstić information content (AvgIpc) is 2.96. The van der Waals surface area contributed by atoms with Crippen molar-refractivity contribution in [1.82, 2.24) is 9.62 Å². The Labute approximate surface area is 157 Å². The normalized spacial score (nSPS) is 35.7. The molecule has 0 radical (unpaired) electrons. The van der Waals surface area contributed by atoms with Crippen molar-refractivity contribution in [3.63, 3.8) is 0 Å². The molecule has 0 aromatic heterocycles. The highest BCUT2D eigenvalue weighted by Crippen LogP contribution is 2.36. The SMILES string of the molecule is O=S1(=O)C[C@@H]2N[C@@H]3CS(=O)(=O)C[C@@H]3N(S(=O)(=O)c3ccc(Cl)cc3)[C@@H]2C1. The van der Waals surface area contributed by atoms with E-state index in [1.54, 1.807) is 0 Å². The molecule has 3 saturated heterocycles. The Balaban J connectivity index is 1.83. The summed E-state index contributed by atoms with van der Waals surface area (Å²) in [5.74, 6) is -1.04. The fourth-order valence-electron chi connectivity index (χ4n) is 4.08. The minimum atomic E-state index is -4.08. The van der Waals surface area contributed by atoms with Crippen LogP contribution in [0.3, 0.4) is 0 Å². The van der Waals surface area contributed by atoms with Crippen LogP contribution in [-0.2, 0) is 29.7 Å². The molecule has 3 fully saturated rings. The largest absolute Gasteiger partial charge is 0.306 e. The van der Waals surface area contributed by atoms with E-state index in [0.29, 0.717) is 5.02 Å². The van der Waals surface area contributed by atoms with Crippen molar-refractivity contribution < 1.29 is 25.3 Å². The predicted molar refractivity (Wildman–Crippen MR) is 96.1 cm³/mol. The van der Waals surface area contributed by atoms with Crippen molar-refractivity contribution in [1.29, 1.82) is 0 Å². The zero-order chi connectivity index (χ0) is 18.9. The first-order valence-electron chi connectivity index (χ1n) is 7.95. The molecule has 3 aliphatic heterocycles. The van der Waals surface area contributed by atoms with Gasteiger partial charge in [-0.05, 0) is 24.3 Å². The summed E-state index contributed by atoms with van der Waals surface area (Å²) in [7, 11) is -10.9. The number of nitrogens with one attached hydrogen (secondary N) is 1. The minimum absolute atomic E-state index is 0.0325. The number of sulfonamides is 1. The number of hydrogen-bond acceptors (Lipinski definition) is 7. The molecular formula is C14H17ClN2O6S3. The van der Waals surface area contributed by atoms with Gasteiger partial charge in [0, 0.05) is 17.1 Å². The Hall–Kier alpha value is -0.720. The van der Waals surface area contributed by atoms with E-state index in [2.05, 4.69) is 5.32 Å². The first-order chi connectivity index (χ1) is 12.0. The lowest BCUT2D eigenvalue weighted by molar-refractivity contribution is 0.160. The Bertz CT molecular complexity index is 1000. The summed E-state index contributed by atoms with van der Waals surface area (Å²) in [6, 6.07) is 2.68. The second kappa shape index (κ2) is 5.89. The molecule has 3 aliphatic rings. The lowest BCUT2D eigenvalue weighted by atomic mass is 10.0. The topological polar surface area (TPSA) is 118 Å². The monoisotopic (exact) mass is 440 g/mol. The van der Waals surface area contributed by atoms with Gasteiger partial charge in [-0.1, -0.05) is 11.6 Å². The van der Waals surface area contributed by atoms with Crippen molar-refractivity contribution in [2.45, 2.75) is 29.1 Å². The van der Waals surface area contributed by atoms with Gasteiger partial charge in [0.25, 0.3) is 0 Å². The maximum Gasteiger partial charge on any atom is 0.243 e. The first-order valence-corrected chi connectivity index (χ1v) is 13.4. The Morgan fingerprint density at radius 2 is 1.35 bits per heavy atom. The number of piperazine rings is 1. The summed E-state index contributed by atoms with van der Waals surface area (Å²) >= 11 is 5.82. The molecule has 26 heavy (non-hydrogen) atoms. The summed E-state index contributed by atoms with van der Waals surface area (Å²) in [5, 5.41) is 3.43. The molecule has 12 heteroatoms. The van der Waals surface area contributed by atoms with Gasteiger partial charge < -0.3 is 5.32 Å². The van der Waals surface area contributed by atoms with Crippen molar-refractivity contribution in [3.8, 4) is 0 Å². The fourth-order valence-corrected chi connectivity index (χ4v) is 10.1. The van der Waals surface area contributed by atoms with E-state index in [9.17, 15) is 25.3 Å². The molecule has 0 aliphatic carbocycles. The molecule has 1 aromatic carbocycles. The third-order valence-electron chi connectivity index (χ3n) is 5.12. The highest BCUT2D eigenvalue weighted by molar-refractivity contribution is 7.92. The van der Waals surface area contributed by atoms with Crippen LogP contribution in [0.4, 0.5) is 0 Å². The van der Waals surface area contributed by atoms with E-state index in [0.717, 1.165) is 4.31 Å². The van der Waals surface area contributed by atoms with Crippen molar-refractivity contribution >= 4 is 41.3 Å². The average molecular weight is 441 g/mol. The second-order valence-electron chi connectivity index (χ2n) is 6.96. The third-order valence-corrected chi connectivity index (χ3v) is 10.8. The van der Waals surface area contributed by atoms with E-state index < -0.39 is 53.9 Å². The van der Waals surface area contributed by atoms with Gasteiger partial charge in [-0.15, -0.1) is 0 Å². The molecule has 0 amide bonds. The zero-order valence-corrected chi connectivity index (χ0v) is 16.7. The molecule has 1 N–H and O–H groups in total. The Kier molecular flexibility index (Phi) is 4.22. The highest BCUT2D eigenvalue weighted by atomic mass is 35.5. The van der Waals surface area contributed by atoms with Crippen LogP contribution in [0.2, 0.25) is 5.02 Å². The summed E-state index contributed by atoms with van der Waals surface area (Å²) in [5.41, 5.74) is 0. The van der Waals surface area contributed by atoms with E-state index in [4.69, 9.17) is 11.6 Å². The molecule has 8 nitrogen and oxygen atoms in total. The van der Waals surface area contributed by atoms with Crippen LogP contribution in [0.15, 0.2) is 29.2 Å². The lowest BCUT2D eigenvalue weighted by Gasteiger charge is -2.43.